The second kappa shape index (κ2) is 5.13. The second-order valence-electron chi connectivity index (χ2n) is 3.15. The van der Waals surface area contributed by atoms with Crippen LogP contribution in [0.15, 0.2) is 0 Å². The SMILES string of the molecule is CC(O)(CO)C(O)C(=O)COP(=O)(O)O. The van der Waals surface area contributed by atoms with Gasteiger partial charge in [0.25, 0.3) is 0 Å². The number of carbonyl (C=O) groups is 1. The highest BCUT2D eigenvalue weighted by Gasteiger charge is 2.35. The van der Waals surface area contributed by atoms with Crippen molar-refractivity contribution in [3.8, 4) is 0 Å². The molecule has 0 bridgehead atoms. The Morgan fingerprint density at radius 3 is 2.33 bits per heavy atom. The van der Waals surface area contributed by atoms with Crippen molar-refractivity contribution in [2.45, 2.75) is 18.6 Å². The Labute approximate surface area is 85.4 Å². The molecule has 0 aliphatic heterocycles. The Balaban J connectivity index is 4.29. The standard InChI is InChI=1S/C6H13O8P/c1-6(10,3-7)5(9)4(8)2-14-15(11,12)13/h5,7,9-10H,2-3H2,1H3,(H2,11,12,13). The minimum atomic E-state index is -4.80. The molecule has 0 aliphatic carbocycles. The third-order valence-electron chi connectivity index (χ3n) is 1.59. The molecule has 5 N–H and O–H groups in total. The molecule has 0 amide bonds. The van der Waals surface area contributed by atoms with Gasteiger partial charge in [-0.1, -0.05) is 0 Å². The van der Waals surface area contributed by atoms with E-state index in [1.54, 1.807) is 0 Å². The number of phosphoric acid groups is 1. The van der Waals surface area contributed by atoms with Crippen LogP contribution in [0.25, 0.3) is 0 Å². The van der Waals surface area contributed by atoms with Crippen molar-refractivity contribution in [2.24, 2.45) is 0 Å². The van der Waals surface area contributed by atoms with Gasteiger partial charge in [-0.3, -0.25) is 9.32 Å². The molecule has 0 saturated heterocycles. The van der Waals surface area contributed by atoms with Crippen molar-refractivity contribution >= 4 is 13.6 Å². The van der Waals surface area contributed by atoms with Crippen LogP contribution in [-0.4, -0.2) is 55.8 Å². The molecular weight excluding hydrogens is 231 g/mol. The van der Waals surface area contributed by atoms with E-state index in [9.17, 15) is 14.5 Å². The maximum Gasteiger partial charge on any atom is 0.470 e. The lowest BCUT2D eigenvalue weighted by atomic mass is 9.97. The largest absolute Gasteiger partial charge is 0.470 e. The van der Waals surface area contributed by atoms with Gasteiger partial charge in [-0.05, 0) is 6.92 Å². The Morgan fingerprint density at radius 1 is 1.53 bits per heavy atom. The number of phosphoric ester groups is 1. The Hall–Kier alpha value is -0.340. The van der Waals surface area contributed by atoms with Crippen LogP contribution >= 0.6 is 7.82 Å². The fourth-order valence-electron chi connectivity index (χ4n) is 0.660. The van der Waals surface area contributed by atoms with Gasteiger partial charge in [0.1, 0.15) is 18.3 Å². The minimum Gasteiger partial charge on any atom is -0.393 e. The van der Waals surface area contributed by atoms with Gasteiger partial charge < -0.3 is 25.1 Å². The van der Waals surface area contributed by atoms with Gasteiger partial charge in [0, 0.05) is 0 Å². The predicted octanol–water partition coefficient (Wildman–Crippen LogP) is -2.23. The zero-order valence-electron chi connectivity index (χ0n) is 7.90. The third-order valence-corrected chi connectivity index (χ3v) is 2.05. The van der Waals surface area contributed by atoms with Crippen LogP contribution in [0.5, 0.6) is 0 Å². The van der Waals surface area contributed by atoms with Crippen molar-refractivity contribution in [3.05, 3.63) is 0 Å². The summed E-state index contributed by atoms with van der Waals surface area (Å²) in [6, 6.07) is 0. The predicted molar refractivity (Wildman–Crippen MR) is 46.7 cm³/mol. The lowest BCUT2D eigenvalue weighted by Crippen LogP contribution is -2.48. The van der Waals surface area contributed by atoms with Crippen molar-refractivity contribution < 1.29 is 39.0 Å². The first-order chi connectivity index (χ1) is 6.60. The number of hydrogen-bond acceptors (Lipinski definition) is 6. The summed E-state index contributed by atoms with van der Waals surface area (Å²) in [7, 11) is -4.80. The highest BCUT2D eigenvalue weighted by atomic mass is 31.2. The number of carbonyl (C=O) groups excluding carboxylic acids is 1. The summed E-state index contributed by atoms with van der Waals surface area (Å²) < 4.78 is 14.0. The topological polar surface area (TPSA) is 145 Å². The Morgan fingerprint density at radius 2 is 2.00 bits per heavy atom. The normalized spacial score (nSPS) is 18.3. The van der Waals surface area contributed by atoms with Crippen molar-refractivity contribution in [1.29, 1.82) is 0 Å². The summed E-state index contributed by atoms with van der Waals surface area (Å²) in [4.78, 5) is 27.5. The Bertz CT molecular complexity index is 268. The van der Waals surface area contributed by atoms with E-state index < -0.39 is 38.5 Å². The molecule has 0 radical (unpaired) electrons. The molecule has 8 nitrogen and oxygen atoms in total. The maximum absolute atomic E-state index is 11.0. The van der Waals surface area contributed by atoms with Crippen molar-refractivity contribution in [3.63, 3.8) is 0 Å². The van der Waals surface area contributed by atoms with Gasteiger partial charge >= 0.3 is 7.82 Å². The molecule has 0 heterocycles. The van der Waals surface area contributed by atoms with E-state index in [0.717, 1.165) is 6.92 Å². The summed E-state index contributed by atoms with van der Waals surface area (Å²) in [5.41, 5.74) is -2.07. The van der Waals surface area contributed by atoms with Crippen LogP contribution in [0.2, 0.25) is 0 Å². The van der Waals surface area contributed by atoms with Gasteiger partial charge in [0.2, 0.25) is 0 Å². The number of aliphatic hydroxyl groups is 3. The van der Waals surface area contributed by atoms with Crippen LogP contribution in [0, 0.1) is 0 Å². The van der Waals surface area contributed by atoms with Gasteiger partial charge in [-0.2, -0.15) is 0 Å². The lowest BCUT2D eigenvalue weighted by molar-refractivity contribution is -0.148. The second-order valence-corrected chi connectivity index (χ2v) is 4.39. The van der Waals surface area contributed by atoms with Crippen LogP contribution in [-0.2, 0) is 13.9 Å². The van der Waals surface area contributed by atoms with E-state index in [-0.39, 0.29) is 0 Å². The molecule has 0 aliphatic rings. The monoisotopic (exact) mass is 244 g/mol. The molecule has 0 spiro atoms. The van der Waals surface area contributed by atoms with Crippen molar-refractivity contribution in [2.75, 3.05) is 13.2 Å². The average molecular weight is 244 g/mol. The van der Waals surface area contributed by atoms with Gasteiger partial charge in [0.15, 0.2) is 5.78 Å². The molecule has 0 aromatic rings. The van der Waals surface area contributed by atoms with Gasteiger partial charge in [-0.15, -0.1) is 0 Å². The first-order valence-corrected chi connectivity index (χ1v) is 5.37. The van der Waals surface area contributed by atoms with Gasteiger partial charge in [0.05, 0.1) is 6.61 Å². The Kier molecular flexibility index (Phi) is 5.01. The molecule has 0 saturated carbocycles. The van der Waals surface area contributed by atoms with E-state index in [1.807, 2.05) is 0 Å². The molecule has 0 rings (SSSR count). The molecular formula is C6H13O8P. The van der Waals surface area contributed by atoms with E-state index >= 15 is 0 Å². The summed E-state index contributed by atoms with van der Waals surface area (Å²) in [6.45, 7) is -0.940. The number of ketones is 1. The van der Waals surface area contributed by atoms with E-state index in [4.69, 9.17) is 20.0 Å². The van der Waals surface area contributed by atoms with Crippen LogP contribution < -0.4 is 0 Å². The summed E-state index contributed by atoms with van der Waals surface area (Å²) in [5, 5.41) is 27.0. The van der Waals surface area contributed by atoms with Crippen LogP contribution in [0.3, 0.4) is 0 Å². The van der Waals surface area contributed by atoms with E-state index in [1.165, 1.54) is 0 Å². The quantitative estimate of drug-likeness (QED) is 0.330. The van der Waals surface area contributed by atoms with E-state index in [0.29, 0.717) is 0 Å². The average Bonchev–Trinajstić information content (AvgIpc) is 2.11. The van der Waals surface area contributed by atoms with Crippen LogP contribution in [0.1, 0.15) is 6.92 Å². The maximum atomic E-state index is 11.0. The summed E-state index contributed by atoms with van der Waals surface area (Å²) >= 11 is 0. The zero-order valence-corrected chi connectivity index (χ0v) is 8.79. The number of Topliss-reactive ketones (excluding diaryl/α,β-unsaturated/α-hetero) is 1. The third kappa shape index (κ3) is 5.33. The molecule has 15 heavy (non-hydrogen) atoms. The summed E-state index contributed by atoms with van der Waals surface area (Å²) in [5.74, 6) is -1.14. The first kappa shape index (κ1) is 14.7. The molecule has 0 aromatic heterocycles. The molecule has 9 heteroatoms. The fraction of sp³-hybridized carbons (Fsp3) is 0.833. The highest BCUT2D eigenvalue weighted by molar-refractivity contribution is 7.46. The lowest BCUT2D eigenvalue weighted by Gasteiger charge is -2.25. The molecule has 2 unspecified atom stereocenters. The zero-order chi connectivity index (χ0) is 12.3. The van der Waals surface area contributed by atoms with Gasteiger partial charge in [-0.25, -0.2) is 4.57 Å². The fourth-order valence-corrected chi connectivity index (χ4v) is 0.955. The molecule has 2 atom stereocenters. The van der Waals surface area contributed by atoms with Crippen LogP contribution in [0.4, 0.5) is 0 Å². The van der Waals surface area contributed by atoms with Crippen molar-refractivity contribution in [1.82, 2.24) is 0 Å². The minimum absolute atomic E-state index is 0.879. The first-order valence-electron chi connectivity index (χ1n) is 3.84. The molecule has 0 aromatic carbocycles. The molecule has 0 fully saturated rings. The smallest absolute Gasteiger partial charge is 0.393 e. The number of aliphatic hydroxyl groups excluding tert-OH is 2. The summed E-state index contributed by atoms with van der Waals surface area (Å²) in [6.07, 6.45) is -1.98. The highest BCUT2D eigenvalue weighted by Crippen LogP contribution is 2.35. The number of rotatable bonds is 6. The molecule has 90 valence electrons. The van der Waals surface area contributed by atoms with E-state index in [2.05, 4.69) is 4.52 Å². The number of hydrogen-bond donors (Lipinski definition) is 5.